The fourth-order valence-corrected chi connectivity index (χ4v) is 2.00. The molecule has 24 heavy (non-hydrogen) atoms. The molecule has 0 bridgehead atoms. The van der Waals surface area contributed by atoms with Gasteiger partial charge >= 0.3 is 12.1 Å². The summed E-state index contributed by atoms with van der Waals surface area (Å²) in [6.07, 6.45) is 2.26. The number of carbonyl (C=O) groups excluding carboxylic acids is 3. The molecule has 0 heterocycles. The summed E-state index contributed by atoms with van der Waals surface area (Å²) in [5.74, 6) is -1.34. The van der Waals surface area contributed by atoms with Crippen molar-refractivity contribution in [3.8, 4) is 0 Å². The Hall–Kier alpha value is -2.41. The number of aliphatic hydroxyl groups excluding tert-OH is 1. The number of hydrogen-bond acceptors (Lipinski definition) is 6. The lowest BCUT2D eigenvalue weighted by Crippen LogP contribution is -2.32. The molecule has 2 N–H and O–H groups in total. The highest BCUT2D eigenvalue weighted by Gasteiger charge is 2.19. The fourth-order valence-electron chi connectivity index (χ4n) is 2.00. The lowest BCUT2D eigenvalue weighted by molar-refractivity contribution is 0.0493. The fraction of sp³-hybridized carbons (Fsp3) is 0.471. The Kier molecular flexibility index (Phi) is 9.14. The van der Waals surface area contributed by atoms with Crippen LogP contribution < -0.4 is 5.32 Å². The zero-order valence-corrected chi connectivity index (χ0v) is 13.7. The summed E-state index contributed by atoms with van der Waals surface area (Å²) < 4.78 is 9.80. The molecule has 0 aliphatic rings. The van der Waals surface area contributed by atoms with E-state index in [0.29, 0.717) is 6.42 Å². The third-order valence-corrected chi connectivity index (χ3v) is 3.17. The topological polar surface area (TPSA) is 102 Å². The first-order valence-electron chi connectivity index (χ1n) is 7.95. The Morgan fingerprint density at radius 1 is 1.00 bits per heavy atom. The van der Waals surface area contributed by atoms with Crippen LogP contribution in [-0.2, 0) is 9.47 Å². The van der Waals surface area contributed by atoms with Gasteiger partial charge in [-0.15, -0.1) is 0 Å². The van der Waals surface area contributed by atoms with Crippen LogP contribution >= 0.6 is 0 Å². The molecule has 2 amide bonds. The molecule has 1 aromatic carbocycles. The molecule has 0 unspecified atom stereocenters. The Morgan fingerprint density at radius 2 is 1.67 bits per heavy atom. The summed E-state index contributed by atoms with van der Waals surface area (Å²) in [7, 11) is 0. The maximum Gasteiger partial charge on any atom is 0.414 e. The molecule has 132 valence electrons. The van der Waals surface area contributed by atoms with Crippen molar-refractivity contribution < 1.29 is 29.0 Å². The van der Waals surface area contributed by atoms with E-state index in [-0.39, 0.29) is 30.9 Å². The summed E-state index contributed by atoms with van der Waals surface area (Å²) in [5.41, 5.74) is 0.144. The van der Waals surface area contributed by atoms with Crippen LogP contribution in [0.1, 0.15) is 53.3 Å². The largest absolute Gasteiger partial charge is 0.462 e. The highest BCUT2D eigenvalue weighted by Crippen LogP contribution is 2.11. The van der Waals surface area contributed by atoms with Crippen molar-refractivity contribution in [2.45, 2.75) is 32.6 Å². The average Bonchev–Trinajstić information content (AvgIpc) is 2.58. The van der Waals surface area contributed by atoms with Crippen molar-refractivity contribution in [1.82, 2.24) is 5.32 Å². The minimum atomic E-state index is -0.866. The zero-order valence-electron chi connectivity index (χ0n) is 13.7. The smallest absolute Gasteiger partial charge is 0.414 e. The van der Waals surface area contributed by atoms with Crippen LogP contribution in [0, 0.1) is 0 Å². The van der Waals surface area contributed by atoms with E-state index >= 15 is 0 Å². The van der Waals surface area contributed by atoms with Gasteiger partial charge in [0.2, 0.25) is 0 Å². The molecule has 0 saturated carbocycles. The Bertz CT molecular complexity index is 558. The average molecular weight is 337 g/mol. The van der Waals surface area contributed by atoms with Gasteiger partial charge in [-0.25, -0.2) is 9.59 Å². The van der Waals surface area contributed by atoms with E-state index < -0.39 is 18.0 Å². The number of amides is 2. The van der Waals surface area contributed by atoms with Crippen LogP contribution in [0.4, 0.5) is 4.79 Å². The van der Waals surface area contributed by atoms with E-state index in [2.05, 4.69) is 10.1 Å². The lowest BCUT2D eigenvalue weighted by atomic mass is 10.1. The van der Waals surface area contributed by atoms with E-state index in [0.717, 1.165) is 19.3 Å². The van der Waals surface area contributed by atoms with Crippen LogP contribution in [0.15, 0.2) is 24.3 Å². The number of unbranched alkanes of at least 4 members (excludes halogenated alkanes) is 3. The number of hydrogen-bond donors (Lipinski definition) is 2. The minimum Gasteiger partial charge on any atom is -0.462 e. The molecule has 0 aliphatic heterocycles. The van der Waals surface area contributed by atoms with Gasteiger partial charge in [0.05, 0.1) is 24.3 Å². The first kappa shape index (κ1) is 19.6. The number of alkyl carbamates (subject to hydrolysis) is 1. The number of esters is 1. The number of nitrogens with one attached hydrogen (secondary N) is 1. The van der Waals surface area contributed by atoms with Gasteiger partial charge in [0.25, 0.3) is 5.91 Å². The van der Waals surface area contributed by atoms with Crippen molar-refractivity contribution in [2.75, 3.05) is 19.8 Å². The van der Waals surface area contributed by atoms with Gasteiger partial charge in [-0.2, -0.15) is 0 Å². The maximum absolute atomic E-state index is 12.1. The first-order valence-corrected chi connectivity index (χ1v) is 7.95. The molecule has 7 heteroatoms. The van der Waals surface area contributed by atoms with E-state index in [1.54, 1.807) is 19.1 Å². The first-order chi connectivity index (χ1) is 11.6. The summed E-state index contributed by atoms with van der Waals surface area (Å²) in [5, 5.41) is 10.7. The summed E-state index contributed by atoms with van der Waals surface area (Å²) in [6.45, 7) is 2.15. The normalized spacial score (nSPS) is 10.1. The summed E-state index contributed by atoms with van der Waals surface area (Å²) in [4.78, 5) is 35.5. The maximum atomic E-state index is 12.1. The van der Waals surface area contributed by atoms with Gasteiger partial charge in [0.15, 0.2) is 0 Å². The number of imide groups is 1. The molecule has 1 rings (SSSR count). The minimum absolute atomic E-state index is 0.0517. The zero-order chi connectivity index (χ0) is 17.8. The molecule has 0 atom stereocenters. The van der Waals surface area contributed by atoms with Crippen molar-refractivity contribution in [3.63, 3.8) is 0 Å². The van der Waals surface area contributed by atoms with Crippen LogP contribution in [0.2, 0.25) is 0 Å². The van der Waals surface area contributed by atoms with Crippen molar-refractivity contribution in [2.24, 2.45) is 0 Å². The van der Waals surface area contributed by atoms with E-state index in [1.807, 2.05) is 0 Å². The molecule has 0 radical (unpaired) electrons. The molecular formula is C17H23NO6. The standard InChI is InChI=1S/C17H23NO6/c1-2-23-17(22)18-15(20)13-9-5-6-10-14(13)16(21)24-12-8-4-3-7-11-19/h5-6,9-10,19H,2-4,7-8,11-12H2,1H3,(H,18,20,22). The summed E-state index contributed by atoms with van der Waals surface area (Å²) in [6, 6.07) is 6.10. The van der Waals surface area contributed by atoms with Crippen LogP contribution in [0.5, 0.6) is 0 Å². The predicted molar refractivity (Wildman–Crippen MR) is 86.8 cm³/mol. The Morgan fingerprint density at radius 3 is 2.33 bits per heavy atom. The molecule has 0 aromatic heterocycles. The molecule has 0 saturated heterocycles. The van der Waals surface area contributed by atoms with Crippen molar-refractivity contribution >= 4 is 18.0 Å². The third kappa shape index (κ3) is 6.78. The third-order valence-electron chi connectivity index (χ3n) is 3.17. The van der Waals surface area contributed by atoms with E-state index in [4.69, 9.17) is 9.84 Å². The molecular weight excluding hydrogens is 314 g/mol. The second-order valence-corrected chi connectivity index (χ2v) is 4.99. The Labute approximate surface area is 141 Å². The van der Waals surface area contributed by atoms with Crippen molar-refractivity contribution in [3.05, 3.63) is 35.4 Å². The van der Waals surface area contributed by atoms with Gasteiger partial charge in [-0.3, -0.25) is 10.1 Å². The monoisotopic (exact) mass is 337 g/mol. The number of ether oxygens (including phenoxy) is 2. The molecule has 0 aliphatic carbocycles. The molecule has 0 fully saturated rings. The van der Waals surface area contributed by atoms with Gasteiger partial charge in [0, 0.05) is 6.61 Å². The van der Waals surface area contributed by atoms with E-state index in [9.17, 15) is 14.4 Å². The van der Waals surface area contributed by atoms with E-state index in [1.165, 1.54) is 12.1 Å². The van der Waals surface area contributed by atoms with Gasteiger partial charge in [-0.1, -0.05) is 18.6 Å². The number of carbonyl (C=O) groups is 3. The number of benzene rings is 1. The molecule has 0 spiro atoms. The quantitative estimate of drug-likeness (QED) is 0.529. The van der Waals surface area contributed by atoms with Crippen LogP contribution in [0.25, 0.3) is 0 Å². The SMILES string of the molecule is CCOC(=O)NC(=O)c1ccccc1C(=O)OCCCCCCO. The van der Waals surface area contributed by atoms with Crippen molar-refractivity contribution in [1.29, 1.82) is 0 Å². The van der Waals surface area contributed by atoms with Gasteiger partial charge in [0.1, 0.15) is 0 Å². The highest BCUT2D eigenvalue weighted by molar-refractivity contribution is 6.09. The number of aliphatic hydroxyl groups is 1. The Balaban J connectivity index is 2.60. The highest BCUT2D eigenvalue weighted by atomic mass is 16.5. The molecule has 7 nitrogen and oxygen atoms in total. The second kappa shape index (κ2) is 11.2. The number of rotatable bonds is 9. The lowest BCUT2D eigenvalue weighted by Gasteiger charge is -2.09. The summed E-state index contributed by atoms with van der Waals surface area (Å²) >= 11 is 0. The second-order valence-electron chi connectivity index (χ2n) is 4.99. The molecule has 1 aromatic rings. The predicted octanol–water partition coefficient (Wildman–Crippen LogP) is 2.28. The van der Waals surface area contributed by atoms with Crippen LogP contribution in [-0.4, -0.2) is 42.9 Å². The van der Waals surface area contributed by atoms with Gasteiger partial charge in [-0.05, 0) is 38.3 Å². The van der Waals surface area contributed by atoms with Gasteiger partial charge < -0.3 is 14.6 Å². The van der Waals surface area contributed by atoms with Crippen LogP contribution in [0.3, 0.4) is 0 Å².